The molecule has 5 N–H and O–H groups in total. The first kappa shape index (κ1) is 32.4. The standard InChI is InChI=1S/C22H26ClN3O6.C6H12/c1-4-5-16(28)10-13(2)12-25-20(29)15-6-7-17(18(23)11-15)21(30)26-19(22(31)32)8-9-24-14(3)27;1-2-4-6-5-3-1/h4-7,10-11,19,28H,2,8-9,12H2,1,3H3,(H,24,27)(H,25,29)(H,26,30)(H,31,32);1-6H2/b5-4-,16-10+;. The van der Waals surface area contributed by atoms with Crippen LogP contribution in [0, 0.1) is 0 Å². The van der Waals surface area contributed by atoms with Gasteiger partial charge in [-0.25, -0.2) is 4.79 Å². The number of aliphatic carboxylic acids is 1. The maximum Gasteiger partial charge on any atom is 0.326 e. The zero-order chi connectivity index (χ0) is 28.5. The molecule has 1 fully saturated rings. The highest BCUT2D eigenvalue weighted by atomic mass is 35.5. The number of carbonyl (C=O) groups is 4. The molecule has 1 unspecified atom stereocenters. The molecule has 0 saturated heterocycles. The van der Waals surface area contributed by atoms with Crippen LogP contribution in [-0.4, -0.2) is 53.0 Å². The van der Waals surface area contributed by atoms with Crippen molar-refractivity contribution in [2.24, 2.45) is 0 Å². The SMILES string of the molecule is C1CCCCC1.C=C(/C=C(O)\C=C/C)CNC(=O)c1ccc(C(=O)NC(CCNC(C)=O)C(=O)O)c(Cl)c1. The summed E-state index contributed by atoms with van der Waals surface area (Å²) in [7, 11) is 0. The predicted molar refractivity (Wildman–Crippen MR) is 148 cm³/mol. The normalized spacial score (nSPS) is 14.0. The maximum absolute atomic E-state index is 12.4. The second-order valence-corrected chi connectivity index (χ2v) is 9.27. The fourth-order valence-electron chi connectivity index (χ4n) is 3.56. The van der Waals surface area contributed by atoms with Crippen molar-refractivity contribution in [2.45, 2.75) is 64.8 Å². The van der Waals surface area contributed by atoms with E-state index >= 15 is 0 Å². The lowest BCUT2D eigenvalue weighted by Crippen LogP contribution is -2.43. The summed E-state index contributed by atoms with van der Waals surface area (Å²) in [6.07, 6.45) is 13.5. The van der Waals surface area contributed by atoms with E-state index in [4.69, 9.17) is 11.6 Å². The molecule has 1 aliphatic rings. The monoisotopic (exact) mass is 547 g/mol. The van der Waals surface area contributed by atoms with Crippen molar-refractivity contribution in [3.63, 3.8) is 0 Å². The number of carboxylic acids is 1. The number of nitrogens with one attached hydrogen (secondary N) is 3. The van der Waals surface area contributed by atoms with Gasteiger partial charge in [0, 0.05) is 25.6 Å². The van der Waals surface area contributed by atoms with Crippen LogP contribution in [0.25, 0.3) is 0 Å². The van der Waals surface area contributed by atoms with E-state index in [0.717, 1.165) is 0 Å². The van der Waals surface area contributed by atoms with E-state index in [0.29, 0.717) is 5.57 Å². The summed E-state index contributed by atoms with van der Waals surface area (Å²) in [5.74, 6) is -2.77. The van der Waals surface area contributed by atoms with Gasteiger partial charge in [-0.2, -0.15) is 0 Å². The van der Waals surface area contributed by atoms with Crippen molar-refractivity contribution in [3.05, 3.63) is 70.5 Å². The number of aliphatic hydroxyl groups excluding tert-OH is 1. The van der Waals surface area contributed by atoms with Crippen molar-refractivity contribution >= 4 is 35.3 Å². The molecule has 1 aromatic rings. The summed E-state index contributed by atoms with van der Waals surface area (Å²) < 4.78 is 0. The minimum atomic E-state index is -1.26. The third-order valence-corrected chi connectivity index (χ3v) is 5.86. The molecule has 3 amide bonds. The van der Waals surface area contributed by atoms with Crippen LogP contribution in [0.15, 0.2) is 54.3 Å². The van der Waals surface area contributed by atoms with Crippen LogP contribution >= 0.6 is 11.6 Å². The topological polar surface area (TPSA) is 145 Å². The fraction of sp³-hybridized carbons (Fsp3) is 0.429. The third kappa shape index (κ3) is 13.1. The minimum Gasteiger partial charge on any atom is -0.508 e. The highest BCUT2D eigenvalue weighted by molar-refractivity contribution is 6.34. The Bertz CT molecular complexity index is 1040. The maximum atomic E-state index is 12.4. The van der Waals surface area contributed by atoms with E-state index in [-0.39, 0.29) is 47.3 Å². The molecule has 1 atom stereocenters. The van der Waals surface area contributed by atoms with Gasteiger partial charge in [0.1, 0.15) is 11.8 Å². The van der Waals surface area contributed by atoms with E-state index in [9.17, 15) is 29.4 Å². The molecule has 38 heavy (non-hydrogen) atoms. The van der Waals surface area contributed by atoms with Crippen molar-refractivity contribution in [1.29, 1.82) is 0 Å². The van der Waals surface area contributed by atoms with Gasteiger partial charge in [0.2, 0.25) is 5.91 Å². The highest BCUT2D eigenvalue weighted by Gasteiger charge is 2.22. The number of hydrogen-bond acceptors (Lipinski definition) is 5. The van der Waals surface area contributed by atoms with E-state index in [1.165, 1.54) is 75.8 Å². The first-order valence-electron chi connectivity index (χ1n) is 12.6. The Morgan fingerprint density at radius 3 is 2.13 bits per heavy atom. The molecule has 0 bridgehead atoms. The average Bonchev–Trinajstić information content (AvgIpc) is 2.87. The highest BCUT2D eigenvalue weighted by Crippen LogP contribution is 2.19. The number of allylic oxidation sites excluding steroid dienone is 2. The van der Waals surface area contributed by atoms with Gasteiger partial charge in [-0.05, 0) is 49.3 Å². The molecule has 1 aliphatic carbocycles. The molecule has 208 valence electrons. The summed E-state index contributed by atoms with van der Waals surface area (Å²) in [5, 5.41) is 26.2. The third-order valence-electron chi connectivity index (χ3n) is 5.55. The van der Waals surface area contributed by atoms with Crippen LogP contribution in [0.2, 0.25) is 5.02 Å². The number of hydrogen-bond donors (Lipinski definition) is 5. The molecular formula is C28H38ClN3O6. The Kier molecular flexibility index (Phi) is 15.2. The second-order valence-electron chi connectivity index (χ2n) is 8.86. The lowest BCUT2D eigenvalue weighted by atomic mass is 10.0. The number of halogens is 1. The van der Waals surface area contributed by atoms with Crippen LogP contribution in [-0.2, 0) is 9.59 Å². The summed E-state index contributed by atoms with van der Waals surface area (Å²) in [6.45, 7) is 6.93. The smallest absolute Gasteiger partial charge is 0.326 e. The Morgan fingerprint density at radius 1 is 1.03 bits per heavy atom. The van der Waals surface area contributed by atoms with E-state index < -0.39 is 23.8 Å². The van der Waals surface area contributed by atoms with E-state index in [1.807, 2.05) is 0 Å². The zero-order valence-corrected chi connectivity index (χ0v) is 22.8. The van der Waals surface area contributed by atoms with Crippen molar-refractivity contribution in [1.82, 2.24) is 16.0 Å². The average molecular weight is 548 g/mol. The van der Waals surface area contributed by atoms with Crippen LogP contribution in [0.3, 0.4) is 0 Å². The van der Waals surface area contributed by atoms with E-state index in [1.54, 1.807) is 13.0 Å². The molecule has 0 aliphatic heterocycles. The molecule has 0 aromatic heterocycles. The molecule has 0 heterocycles. The first-order valence-corrected chi connectivity index (χ1v) is 13.0. The molecule has 1 aromatic carbocycles. The predicted octanol–water partition coefficient (Wildman–Crippen LogP) is 4.69. The quantitative estimate of drug-likeness (QED) is 0.201. The Hall–Kier alpha value is -3.59. The zero-order valence-electron chi connectivity index (χ0n) is 22.0. The molecule has 0 spiro atoms. The van der Waals surface area contributed by atoms with Gasteiger partial charge in [-0.15, -0.1) is 0 Å². The van der Waals surface area contributed by atoms with Crippen LogP contribution in [0.1, 0.15) is 79.5 Å². The summed E-state index contributed by atoms with van der Waals surface area (Å²) >= 11 is 6.13. The minimum absolute atomic E-state index is 0.00176. The number of carboxylic acid groups (broad SMARTS) is 1. The van der Waals surface area contributed by atoms with Crippen molar-refractivity contribution in [2.75, 3.05) is 13.1 Å². The van der Waals surface area contributed by atoms with Gasteiger partial charge >= 0.3 is 5.97 Å². The number of amides is 3. The van der Waals surface area contributed by atoms with Gasteiger partial charge in [0.15, 0.2) is 0 Å². The van der Waals surface area contributed by atoms with Crippen molar-refractivity contribution in [3.8, 4) is 0 Å². The molecule has 0 radical (unpaired) electrons. The molecule has 9 nitrogen and oxygen atoms in total. The molecule has 10 heteroatoms. The fourth-order valence-corrected chi connectivity index (χ4v) is 3.83. The van der Waals surface area contributed by atoms with Crippen LogP contribution in [0.4, 0.5) is 0 Å². The van der Waals surface area contributed by atoms with Gasteiger partial charge < -0.3 is 26.2 Å². The largest absolute Gasteiger partial charge is 0.508 e. The Morgan fingerprint density at radius 2 is 1.63 bits per heavy atom. The second kappa shape index (κ2) is 17.8. The van der Waals surface area contributed by atoms with Gasteiger partial charge in [-0.1, -0.05) is 62.8 Å². The van der Waals surface area contributed by atoms with Crippen molar-refractivity contribution < 1.29 is 29.4 Å². The summed E-state index contributed by atoms with van der Waals surface area (Å²) in [5.41, 5.74) is 0.647. The Balaban J connectivity index is 0.00000105. The lowest BCUT2D eigenvalue weighted by Gasteiger charge is -2.15. The summed E-state index contributed by atoms with van der Waals surface area (Å²) in [6, 6.07) is 2.74. The summed E-state index contributed by atoms with van der Waals surface area (Å²) in [4.78, 5) is 47.0. The number of rotatable bonds is 11. The Labute approximate surface area is 229 Å². The molecular weight excluding hydrogens is 510 g/mol. The van der Waals surface area contributed by atoms with Crippen LogP contribution in [0.5, 0.6) is 0 Å². The van der Waals surface area contributed by atoms with Gasteiger partial charge in [0.05, 0.1) is 10.6 Å². The molecule has 2 rings (SSSR count). The molecule has 1 saturated carbocycles. The first-order chi connectivity index (χ1) is 18.0. The lowest BCUT2D eigenvalue weighted by molar-refractivity contribution is -0.139. The van der Waals surface area contributed by atoms with Crippen LogP contribution < -0.4 is 16.0 Å². The van der Waals surface area contributed by atoms with E-state index in [2.05, 4.69) is 22.5 Å². The van der Waals surface area contributed by atoms with Gasteiger partial charge in [0.25, 0.3) is 11.8 Å². The number of carbonyl (C=O) groups excluding carboxylic acids is 3. The van der Waals surface area contributed by atoms with Gasteiger partial charge in [-0.3, -0.25) is 14.4 Å². The number of benzene rings is 1. The number of aliphatic hydroxyl groups is 1.